The number of aryl methyl sites for hydroxylation is 1. The van der Waals surface area contributed by atoms with E-state index in [1.165, 1.54) is 0 Å². The Hall–Kier alpha value is -1.29. The highest BCUT2D eigenvalue weighted by Gasteiger charge is 2.24. The number of hydrogen-bond donors (Lipinski definition) is 1. The molecule has 1 aromatic rings. The molecule has 4 heteroatoms. The molecule has 4 nitrogen and oxygen atoms in total. The first-order valence-electron chi connectivity index (χ1n) is 5.76. The first kappa shape index (κ1) is 11.2. The molecule has 0 radical (unpaired) electrons. The molecule has 0 bridgehead atoms. The van der Waals surface area contributed by atoms with Crippen LogP contribution >= 0.6 is 0 Å². The van der Waals surface area contributed by atoms with Gasteiger partial charge in [-0.05, 0) is 38.3 Å². The topological polar surface area (TPSA) is 59.5 Å². The second-order valence-corrected chi connectivity index (χ2v) is 4.36. The van der Waals surface area contributed by atoms with E-state index in [-0.39, 0.29) is 5.91 Å². The molecule has 0 saturated carbocycles. The first-order valence-corrected chi connectivity index (χ1v) is 5.76. The maximum Gasteiger partial charge on any atom is 0.257 e. The highest BCUT2D eigenvalue weighted by Crippen LogP contribution is 2.19. The quantitative estimate of drug-likeness (QED) is 0.822. The predicted molar refractivity (Wildman–Crippen MR) is 61.1 cm³/mol. The van der Waals surface area contributed by atoms with Gasteiger partial charge < -0.3 is 15.1 Å². The van der Waals surface area contributed by atoms with E-state index in [9.17, 15) is 4.79 Å². The monoisotopic (exact) mass is 222 g/mol. The average Bonchev–Trinajstić information content (AvgIpc) is 2.75. The standard InChI is InChI=1S/C12H18N2O2/c1-9-11(4-7-16-9)12(15)14-5-2-10(8-13)3-6-14/h4,7,10H,2-3,5-6,8,13H2,1H3. The van der Waals surface area contributed by atoms with Crippen LogP contribution in [-0.4, -0.2) is 30.4 Å². The average molecular weight is 222 g/mol. The molecule has 1 aliphatic rings. The third kappa shape index (κ3) is 2.11. The summed E-state index contributed by atoms with van der Waals surface area (Å²) in [7, 11) is 0. The van der Waals surface area contributed by atoms with Gasteiger partial charge in [0.15, 0.2) is 0 Å². The molecule has 0 aromatic carbocycles. The number of nitrogens with zero attached hydrogens (tertiary/aromatic N) is 1. The third-order valence-corrected chi connectivity index (χ3v) is 3.32. The van der Waals surface area contributed by atoms with E-state index in [1.54, 1.807) is 12.3 Å². The SMILES string of the molecule is Cc1occc1C(=O)N1CCC(CN)CC1. The molecule has 0 aliphatic carbocycles. The van der Waals surface area contributed by atoms with Crippen LogP contribution < -0.4 is 5.73 Å². The fraction of sp³-hybridized carbons (Fsp3) is 0.583. The number of hydrogen-bond acceptors (Lipinski definition) is 3. The van der Waals surface area contributed by atoms with Crippen LogP contribution in [0.3, 0.4) is 0 Å². The van der Waals surface area contributed by atoms with Gasteiger partial charge in [-0.3, -0.25) is 4.79 Å². The van der Waals surface area contributed by atoms with Crippen LogP contribution in [-0.2, 0) is 0 Å². The largest absolute Gasteiger partial charge is 0.469 e. The van der Waals surface area contributed by atoms with Gasteiger partial charge in [0.25, 0.3) is 5.91 Å². The zero-order valence-electron chi connectivity index (χ0n) is 9.61. The van der Waals surface area contributed by atoms with Crippen molar-refractivity contribution in [3.05, 3.63) is 23.7 Å². The Balaban J connectivity index is 2.00. The molecular formula is C12H18N2O2. The van der Waals surface area contributed by atoms with Crippen LogP contribution in [0.1, 0.15) is 29.0 Å². The summed E-state index contributed by atoms with van der Waals surface area (Å²) in [5.74, 6) is 1.36. The molecular weight excluding hydrogens is 204 g/mol. The van der Waals surface area contributed by atoms with Crippen LogP contribution in [0.25, 0.3) is 0 Å². The van der Waals surface area contributed by atoms with E-state index in [4.69, 9.17) is 10.2 Å². The van der Waals surface area contributed by atoms with Crippen LogP contribution in [0.15, 0.2) is 16.7 Å². The number of piperidine rings is 1. The van der Waals surface area contributed by atoms with E-state index in [0.717, 1.165) is 32.5 Å². The van der Waals surface area contributed by atoms with Gasteiger partial charge in [0.05, 0.1) is 11.8 Å². The van der Waals surface area contributed by atoms with E-state index in [0.29, 0.717) is 17.2 Å². The molecule has 88 valence electrons. The van der Waals surface area contributed by atoms with Gasteiger partial charge in [0.1, 0.15) is 5.76 Å². The zero-order chi connectivity index (χ0) is 11.5. The third-order valence-electron chi connectivity index (χ3n) is 3.32. The van der Waals surface area contributed by atoms with Crippen molar-refractivity contribution >= 4 is 5.91 Å². The van der Waals surface area contributed by atoms with Crippen LogP contribution in [0.5, 0.6) is 0 Å². The molecule has 1 aliphatic heterocycles. The lowest BCUT2D eigenvalue weighted by Gasteiger charge is -2.31. The van der Waals surface area contributed by atoms with E-state index in [2.05, 4.69) is 0 Å². The summed E-state index contributed by atoms with van der Waals surface area (Å²) >= 11 is 0. The minimum atomic E-state index is 0.0849. The van der Waals surface area contributed by atoms with Crippen LogP contribution in [0.2, 0.25) is 0 Å². The maximum atomic E-state index is 12.1. The van der Waals surface area contributed by atoms with Crippen molar-refractivity contribution in [1.29, 1.82) is 0 Å². The number of carbonyl (C=O) groups is 1. The van der Waals surface area contributed by atoms with Crippen molar-refractivity contribution in [2.75, 3.05) is 19.6 Å². The molecule has 1 amide bonds. The van der Waals surface area contributed by atoms with Crippen molar-refractivity contribution in [2.45, 2.75) is 19.8 Å². The Morgan fingerprint density at radius 3 is 2.75 bits per heavy atom. The second kappa shape index (κ2) is 4.70. The van der Waals surface area contributed by atoms with E-state index < -0.39 is 0 Å². The highest BCUT2D eigenvalue weighted by atomic mass is 16.3. The summed E-state index contributed by atoms with van der Waals surface area (Å²) in [6, 6.07) is 1.74. The second-order valence-electron chi connectivity index (χ2n) is 4.36. The Bertz CT molecular complexity index is 365. The molecule has 1 fully saturated rings. The lowest BCUT2D eigenvalue weighted by atomic mass is 9.96. The Morgan fingerprint density at radius 1 is 1.56 bits per heavy atom. The van der Waals surface area contributed by atoms with E-state index >= 15 is 0 Å². The summed E-state index contributed by atoms with van der Waals surface area (Å²) in [6.45, 7) is 4.17. The van der Waals surface area contributed by atoms with Crippen molar-refractivity contribution < 1.29 is 9.21 Å². The molecule has 0 unspecified atom stereocenters. The fourth-order valence-corrected chi connectivity index (χ4v) is 2.15. The summed E-state index contributed by atoms with van der Waals surface area (Å²) in [6.07, 6.45) is 3.59. The molecule has 0 spiro atoms. The fourth-order valence-electron chi connectivity index (χ4n) is 2.15. The number of carbonyl (C=O) groups excluding carboxylic acids is 1. The van der Waals surface area contributed by atoms with Crippen molar-refractivity contribution in [3.8, 4) is 0 Å². The molecule has 0 atom stereocenters. The summed E-state index contributed by atoms with van der Waals surface area (Å²) in [5.41, 5.74) is 6.31. The van der Waals surface area contributed by atoms with Crippen molar-refractivity contribution in [1.82, 2.24) is 4.90 Å². The predicted octanol–water partition coefficient (Wildman–Crippen LogP) is 1.40. The number of likely N-dealkylation sites (tertiary alicyclic amines) is 1. The number of nitrogens with two attached hydrogens (primary N) is 1. The van der Waals surface area contributed by atoms with Crippen molar-refractivity contribution in [2.24, 2.45) is 11.7 Å². The summed E-state index contributed by atoms with van der Waals surface area (Å²) < 4.78 is 5.15. The van der Waals surface area contributed by atoms with E-state index in [1.807, 2.05) is 11.8 Å². The normalized spacial score (nSPS) is 17.8. The van der Waals surface area contributed by atoms with Gasteiger partial charge in [-0.25, -0.2) is 0 Å². The van der Waals surface area contributed by atoms with Gasteiger partial charge in [0, 0.05) is 13.1 Å². The molecule has 2 N–H and O–H groups in total. The Kier molecular flexibility index (Phi) is 3.29. The van der Waals surface area contributed by atoms with Crippen LogP contribution in [0, 0.1) is 12.8 Å². The molecule has 1 aromatic heterocycles. The smallest absolute Gasteiger partial charge is 0.257 e. The summed E-state index contributed by atoms with van der Waals surface area (Å²) in [4.78, 5) is 14.0. The lowest BCUT2D eigenvalue weighted by molar-refractivity contribution is 0.0691. The first-order chi connectivity index (χ1) is 7.72. The van der Waals surface area contributed by atoms with Gasteiger partial charge in [-0.2, -0.15) is 0 Å². The highest BCUT2D eigenvalue weighted by molar-refractivity contribution is 5.95. The Morgan fingerprint density at radius 2 is 2.25 bits per heavy atom. The number of rotatable bonds is 2. The number of furan rings is 1. The molecule has 2 rings (SSSR count). The molecule has 2 heterocycles. The minimum Gasteiger partial charge on any atom is -0.469 e. The van der Waals surface area contributed by atoms with Crippen molar-refractivity contribution in [3.63, 3.8) is 0 Å². The van der Waals surface area contributed by atoms with Crippen LogP contribution in [0.4, 0.5) is 0 Å². The lowest BCUT2D eigenvalue weighted by Crippen LogP contribution is -2.40. The number of amides is 1. The van der Waals surface area contributed by atoms with Gasteiger partial charge in [-0.1, -0.05) is 0 Å². The molecule has 16 heavy (non-hydrogen) atoms. The van der Waals surface area contributed by atoms with Gasteiger partial charge in [-0.15, -0.1) is 0 Å². The maximum absolute atomic E-state index is 12.1. The molecule has 1 saturated heterocycles. The summed E-state index contributed by atoms with van der Waals surface area (Å²) in [5, 5.41) is 0. The van der Waals surface area contributed by atoms with Gasteiger partial charge in [0.2, 0.25) is 0 Å². The zero-order valence-corrected chi connectivity index (χ0v) is 9.61. The Labute approximate surface area is 95.4 Å². The van der Waals surface area contributed by atoms with Gasteiger partial charge >= 0.3 is 0 Å². The minimum absolute atomic E-state index is 0.0849.